The van der Waals surface area contributed by atoms with Gasteiger partial charge in [0.15, 0.2) is 0 Å². The molecule has 27 heavy (non-hydrogen) atoms. The van der Waals surface area contributed by atoms with E-state index in [2.05, 4.69) is 9.80 Å². The standard InChI is InChI=1S/C23H28N2OS/c26-22(17-9-3-1-4-10-17)25-16-24(18-11-5-2-6-12-18)15-20-19-13-7-8-14-21(19)27-23(20)25/h1,3-4,9-10,18H,2,5-8,11-16H2. The molecule has 1 aromatic heterocycles. The summed E-state index contributed by atoms with van der Waals surface area (Å²) >= 11 is 1.90. The SMILES string of the molecule is O=C(c1ccccc1)N1CN(C2CCCCC2)Cc2c1sc1c2CCCC1. The summed E-state index contributed by atoms with van der Waals surface area (Å²) in [5, 5.41) is 1.24. The van der Waals surface area contributed by atoms with Crippen LogP contribution in [0.4, 0.5) is 5.00 Å². The van der Waals surface area contributed by atoms with Gasteiger partial charge >= 0.3 is 0 Å². The van der Waals surface area contributed by atoms with Gasteiger partial charge in [-0.15, -0.1) is 11.3 Å². The highest BCUT2D eigenvalue weighted by Crippen LogP contribution is 2.44. The number of rotatable bonds is 2. The van der Waals surface area contributed by atoms with Crippen molar-refractivity contribution in [2.45, 2.75) is 70.4 Å². The summed E-state index contributed by atoms with van der Waals surface area (Å²) in [5.74, 6) is 0.163. The second kappa shape index (κ2) is 7.40. The molecule has 0 bridgehead atoms. The fourth-order valence-corrected chi connectivity index (χ4v) is 6.47. The molecule has 1 saturated carbocycles. The van der Waals surface area contributed by atoms with E-state index < -0.39 is 0 Å². The third-order valence-corrected chi connectivity index (χ3v) is 7.90. The van der Waals surface area contributed by atoms with Gasteiger partial charge in [0.2, 0.25) is 0 Å². The molecule has 2 aliphatic carbocycles. The van der Waals surface area contributed by atoms with Crippen molar-refractivity contribution < 1.29 is 4.79 Å². The quantitative estimate of drug-likeness (QED) is 0.698. The molecule has 1 aliphatic heterocycles. The lowest BCUT2D eigenvalue weighted by atomic mass is 9.91. The molecule has 4 heteroatoms. The van der Waals surface area contributed by atoms with Gasteiger partial charge in [-0.05, 0) is 56.2 Å². The van der Waals surface area contributed by atoms with Gasteiger partial charge in [0.05, 0.1) is 6.67 Å². The first-order valence-electron chi connectivity index (χ1n) is 10.6. The van der Waals surface area contributed by atoms with Crippen LogP contribution in [0.2, 0.25) is 0 Å². The van der Waals surface area contributed by atoms with Crippen LogP contribution in [-0.2, 0) is 19.4 Å². The Morgan fingerprint density at radius 1 is 0.926 bits per heavy atom. The summed E-state index contributed by atoms with van der Waals surface area (Å²) in [5.41, 5.74) is 3.85. The predicted octanol–water partition coefficient (Wildman–Crippen LogP) is 5.38. The normalized spacial score (nSPS) is 21.0. The van der Waals surface area contributed by atoms with Crippen LogP contribution < -0.4 is 4.90 Å². The van der Waals surface area contributed by atoms with Crippen molar-refractivity contribution in [3.05, 3.63) is 51.9 Å². The van der Waals surface area contributed by atoms with Crippen molar-refractivity contribution in [1.82, 2.24) is 4.90 Å². The van der Waals surface area contributed by atoms with Crippen LogP contribution in [0.15, 0.2) is 30.3 Å². The molecular formula is C23H28N2OS. The van der Waals surface area contributed by atoms with E-state index in [1.54, 1.807) is 10.4 Å². The zero-order valence-electron chi connectivity index (χ0n) is 16.0. The van der Waals surface area contributed by atoms with E-state index in [1.165, 1.54) is 68.4 Å². The zero-order valence-corrected chi connectivity index (χ0v) is 16.8. The Labute approximate surface area is 166 Å². The molecule has 2 aromatic rings. The van der Waals surface area contributed by atoms with Gasteiger partial charge in [-0.3, -0.25) is 14.6 Å². The maximum absolute atomic E-state index is 13.4. The van der Waals surface area contributed by atoms with E-state index in [9.17, 15) is 4.79 Å². The number of benzene rings is 1. The molecule has 0 N–H and O–H groups in total. The second-order valence-electron chi connectivity index (χ2n) is 8.27. The lowest BCUT2D eigenvalue weighted by Gasteiger charge is -2.41. The van der Waals surface area contributed by atoms with Gasteiger partial charge in [-0.25, -0.2) is 0 Å². The molecule has 0 saturated heterocycles. The van der Waals surface area contributed by atoms with Crippen LogP contribution in [0, 0.1) is 0 Å². The lowest BCUT2D eigenvalue weighted by Crippen LogP contribution is -2.49. The molecule has 142 valence electrons. The molecule has 0 atom stereocenters. The number of aryl methyl sites for hydroxylation is 1. The Hall–Kier alpha value is -1.65. The van der Waals surface area contributed by atoms with Crippen LogP contribution in [0.3, 0.4) is 0 Å². The molecule has 0 unspecified atom stereocenters. The highest BCUT2D eigenvalue weighted by Gasteiger charge is 2.36. The minimum Gasteiger partial charge on any atom is -0.286 e. The summed E-state index contributed by atoms with van der Waals surface area (Å²) < 4.78 is 0. The maximum Gasteiger partial charge on any atom is 0.260 e. The molecule has 1 aromatic carbocycles. The van der Waals surface area contributed by atoms with E-state index in [1.807, 2.05) is 41.7 Å². The van der Waals surface area contributed by atoms with E-state index in [4.69, 9.17) is 0 Å². The van der Waals surface area contributed by atoms with Crippen LogP contribution in [0.1, 0.15) is 71.3 Å². The molecule has 3 aliphatic rings. The number of carbonyl (C=O) groups is 1. The Kier molecular flexibility index (Phi) is 4.78. The van der Waals surface area contributed by atoms with Crippen LogP contribution in [-0.4, -0.2) is 23.5 Å². The van der Waals surface area contributed by atoms with Crippen LogP contribution in [0.25, 0.3) is 0 Å². The van der Waals surface area contributed by atoms with Gasteiger partial charge in [0.1, 0.15) is 5.00 Å². The minimum absolute atomic E-state index is 0.163. The van der Waals surface area contributed by atoms with Crippen molar-refractivity contribution in [2.24, 2.45) is 0 Å². The van der Waals surface area contributed by atoms with Crippen LogP contribution >= 0.6 is 11.3 Å². The fourth-order valence-electron chi connectivity index (χ4n) is 5.08. The van der Waals surface area contributed by atoms with Gasteiger partial charge < -0.3 is 0 Å². The summed E-state index contributed by atoms with van der Waals surface area (Å²) in [6, 6.07) is 10.5. The van der Waals surface area contributed by atoms with Gasteiger partial charge in [0, 0.05) is 28.6 Å². The maximum atomic E-state index is 13.4. The fraction of sp³-hybridized carbons (Fsp3) is 0.522. The molecule has 1 fully saturated rings. The van der Waals surface area contributed by atoms with Crippen molar-refractivity contribution >= 4 is 22.2 Å². The first kappa shape index (κ1) is 17.4. The summed E-state index contributed by atoms with van der Waals surface area (Å²) in [6.45, 7) is 1.80. The Morgan fingerprint density at radius 2 is 1.70 bits per heavy atom. The van der Waals surface area contributed by atoms with Gasteiger partial charge in [-0.1, -0.05) is 37.5 Å². The summed E-state index contributed by atoms with van der Waals surface area (Å²) in [7, 11) is 0. The summed E-state index contributed by atoms with van der Waals surface area (Å²) in [4.78, 5) is 19.6. The zero-order chi connectivity index (χ0) is 18.2. The van der Waals surface area contributed by atoms with Gasteiger partial charge in [0.25, 0.3) is 5.91 Å². The first-order valence-corrected chi connectivity index (χ1v) is 11.4. The molecule has 3 nitrogen and oxygen atoms in total. The van der Waals surface area contributed by atoms with Gasteiger partial charge in [-0.2, -0.15) is 0 Å². The molecule has 2 heterocycles. The smallest absolute Gasteiger partial charge is 0.260 e. The Bertz CT molecular complexity index is 822. The number of fused-ring (bicyclic) bond motifs is 3. The molecular weight excluding hydrogens is 352 g/mol. The second-order valence-corrected chi connectivity index (χ2v) is 9.36. The molecule has 1 amide bonds. The number of thiophene rings is 1. The number of nitrogens with zero attached hydrogens (tertiary/aromatic N) is 2. The third-order valence-electron chi connectivity index (χ3n) is 6.55. The lowest BCUT2D eigenvalue weighted by molar-refractivity contribution is 0.0915. The number of hydrogen-bond acceptors (Lipinski definition) is 3. The number of carbonyl (C=O) groups excluding carboxylic acids is 1. The largest absolute Gasteiger partial charge is 0.286 e. The number of hydrogen-bond donors (Lipinski definition) is 0. The number of amides is 1. The van der Waals surface area contributed by atoms with Crippen molar-refractivity contribution in [1.29, 1.82) is 0 Å². The van der Waals surface area contributed by atoms with E-state index >= 15 is 0 Å². The van der Waals surface area contributed by atoms with E-state index in [-0.39, 0.29) is 5.91 Å². The minimum atomic E-state index is 0.163. The van der Waals surface area contributed by atoms with Crippen molar-refractivity contribution in [3.63, 3.8) is 0 Å². The van der Waals surface area contributed by atoms with Crippen molar-refractivity contribution in [3.8, 4) is 0 Å². The van der Waals surface area contributed by atoms with E-state index in [0.29, 0.717) is 6.04 Å². The van der Waals surface area contributed by atoms with E-state index in [0.717, 1.165) is 18.8 Å². The van der Waals surface area contributed by atoms with Crippen LogP contribution in [0.5, 0.6) is 0 Å². The average Bonchev–Trinajstić information content (AvgIpc) is 3.12. The first-order chi connectivity index (χ1) is 13.3. The Balaban J connectivity index is 1.53. The molecule has 0 spiro atoms. The molecule has 0 radical (unpaired) electrons. The topological polar surface area (TPSA) is 23.6 Å². The highest BCUT2D eigenvalue weighted by molar-refractivity contribution is 7.16. The number of anilines is 1. The van der Waals surface area contributed by atoms with Crippen molar-refractivity contribution in [2.75, 3.05) is 11.6 Å². The third kappa shape index (κ3) is 3.23. The Morgan fingerprint density at radius 3 is 2.52 bits per heavy atom. The molecule has 5 rings (SSSR count). The highest BCUT2D eigenvalue weighted by atomic mass is 32.1. The average molecular weight is 381 g/mol. The monoisotopic (exact) mass is 380 g/mol. The predicted molar refractivity (Wildman–Crippen MR) is 111 cm³/mol. The summed E-state index contributed by atoms with van der Waals surface area (Å²) in [6.07, 6.45) is 11.6.